The van der Waals surface area contributed by atoms with Gasteiger partial charge in [0.2, 0.25) is 5.91 Å². The monoisotopic (exact) mass is 411 g/mol. The molecule has 1 aliphatic heterocycles. The summed E-state index contributed by atoms with van der Waals surface area (Å²) in [5.41, 5.74) is 2.31. The van der Waals surface area contributed by atoms with Crippen molar-refractivity contribution in [1.82, 2.24) is 0 Å². The van der Waals surface area contributed by atoms with Crippen LogP contribution in [0.2, 0.25) is 4.34 Å². The highest BCUT2D eigenvalue weighted by atomic mass is 35.5. The molecule has 0 saturated heterocycles. The summed E-state index contributed by atoms with van der Waals surface area (Å²) in [4.78, 5) is 26.7. The van der Waals surface area contributed by atoms with Gasteiger partial charge in [-0.25, -0.2) is 0 Å². The summed E-state index contributed by atoms with van der Waals surface area (Å²) in [5.74, 6) is -0.0444. The van der Waals surface area contributed by atoms with E-state index in [1.165, 1.54) is 11.3 Å². The summed E-state index contributed by atoms with van der Waals surface area (Å²) in [5, 5.41) is 3.39. The maximum atomic E-state index is 13.7. The topological polar surface area (TPSA) is 55.4 Å². The predicted molar refractivity (Wildman–Crippen MR) is 113 cm³/mol. The molecule has 4 rings (SSSR count). The first-order valence-corrected chi connectivity index (χ1v) is 9.96. The number of amides is 1. The number of hydrogen-bond donors (Lipinski definition) is 1. The Hall–Kier alpha value is -2.63. The van der Waals surface area contributed by atoms with Crippen LogP contribution in [0, 0.1) is 6.92 Å². The number of methoxy groups -OCH3 is 1. The fourth-order valence-electron chi connectivity index (χ4n) is 3.46. The number of fused-ring (bicyclic) bond motifs is 1. The van der Waals surface area contributed by atoms with E-state index >= 15 is 0 Å². The van der Waals surface area contributed by atoms with Gasteiger partial charge in [-0.15, -0.1) is 11.3 Å². The van der Waals surface area contributed by atoms with Gasteiger partial charge in [0.25, 0.3) is 0 Å². The molecule has 2 heterocycles. The molecule has 2 aromatic carbocycles. The Balaban J connectivity index is 1.91. The van der Waals surface area contributed by atoms with Crippen molar-refractivity contribution in [3.8, 4) is 16.9 Å². The van der Waals surface area contributed by atoms with Crippen molar-refractivity contribution in [2.45, 2.75) is 19.3 Å². The molecular formula is C22H18ClNO3S. The van der Waals surface area contributed by atoms with Gasteiger partial charge in [0, 0.05) is 5.56 Å². The molecule has 142 valence electrons. The molecule has 6 heteroatoms. The summed E-state index contributed by atoms with van der Waals surface area (Å²) in [6, 6.07) is 14.9. The largest absolute Gasteiger partial charge is 0.497 e. The van der Waals surface area contributed by atoms with E-state index in [-0.39, 0.29) is 11.7 Å². The molecule has 1 amide bonds. The summed E-state index contributed by atoms with van der Waals surface area (Å²) in [6.45, 7) is 3.65. The second-order valence-electron chi connectivity index (χ2n) is 6.96. The van der Waals surface area contributed by atoms with Crippen LogP contribution >= 0.6 is 22.9 Å². The number of benzene rings is 2. The molecular weight excluding hydrogens is 394 g/mol. The Morgan fingerprint density at radius 2 is 1.79 bits per heavy atom. The molecule has 0 fully saturated rings. The normalized spacial score (nSPS) is 18.6. The Morgan fingerprint density at radius 3 is 2.46 bits per heavy atom. The number of Topliss-reactive ketones (excluding diaryl/α,β-unsaturated/α-hetero) is 1. The number of carbonyl (C=O) groups is 2. The van der Waals surface area contributed by atoms with E-state index in [9.17, 15) is 9.59 Å². The lowest BCUT2D eigenvalue weighted by Crippen LogP contribution is -2.48. The van der Waals surface area contributed by atoms with Crippen LogP contribution in [-0.4, -0.2) is 18.8 Å². The third kappa shape index (κ3) is 2.74. The van der Waals surface area contributed by atoms with Gasteiger partial charge in [-0.2, -0.15) is 0 Å². The number of ketones is 1. The lowest BCUT2D eigenvalue weighted by atomic mass is 9.73. The summed E-state index contributed by atoms with van der Waals surface area (Å²) >= 11 is 7.72. The van der Waals surface area contributed by atoms with E-state index in [0.717, 1.165) is 11.1 Å². The third-order valence-electron chi connectivity index (χ3n) is 5.21. The second-order valence-corrected chi connectivity index (χ2v) is 8.58. The standard InChI is InChI=1S/C22H18ClNO3S/c1-12-7-9-13(10-8-12)16-17-18(25)22(2,14-5-4-6-15(11-14)27-3)21(26)24-20(17)28-19(16)23/h4-11H,1-3H3,(H,24,26). The van der Waals surface area contributed by atoms with E-state index in [2.05, 4.69) is 5.32 Å². The Labute approximate surface area is 172 Å². The van der Waals surface area contributed by atoms with Gasteiger partial charge in [0.05, 0.1) is 12.7 Å². The molecule has 4 nitrogen and oxygen atoms in total. The van der Waals surface area contributed by atoms with Crippen molar-refractivity contribution in [2.24, 2.45) is 0 Å². The summed E-state index contributed by atoms with van der Waals surface area (Å²) < 4.78 is 5.76. The van der Waals surface area contributed by atoms with Gasteiger partial charge in [-0.3, -0.25) is 9.59 Å². The zero-order chi connectivity index (χ0) is 20.1. The molecule has 1 unspecified atom stereocenters. The highest BCUT2D eigenvalue weighted by Gasteiger charge is 2.49. The first-order valence-electron chi connectivity index (χ1n) is 8.76. The zero-order valence-corrected chi connectivity index (χ0v) is 17.2. The van der Waals surface area contributed by atoms with Gasteiger partial charge in [0.15, 0.2) is 5.78 Å². The van der Waals surface area contributed by atoms with Crippen molar-refractivity contribution in [3.05, 3.63) is 69.6 Å². The van der Waals surface area contributed by atoms with Gasteiger partial charge in [-0.1, -0.05) is 53.6 Å². The first kappa shape index (κ1) is 18.7. The number of nitrogens with one attached hydrogen (secondary N) is 1. The van der Waals surface area contributed by atoms with E-state index in [1.807, 2.05) is 31.2 Å². The fourth-order valence-corrected chi connectivity index (χ4v) is 4.84. The quantitative estimate of drug-likeness (QED) is 0.581. The number of hydrogen-bond acceptors (Lipinski definition) is 4. The van der Waals surface area contributed by atoms with Crippen LogP contribution in [-0.2, 0) is 10.2 Å². The number of thiophene rings is 1. The van der Waals surface area contributed by atoms with Crippen LogP contribution in [0.5, 0.6) is 5.75 Å². The number of halogens is 1. The molecule has 28 heavy (non-hydrogen) atoms. The molecule has 0 spiro atoms. The van der Waals surface area contributed by atoms with Gasteiger partial charge in [-0.05, 0) is 37.1 Å². The minimum absolute atomic E-state index is 0.266. The maximum absolute atomic E-state index is 13.7. The van der Waals surface area contributed by atoms with E-state index in [4.69, 9.17) is 16.3 Å². The third-order valence-corrected chi connectivity index (χ3v) is 6.53. The fraction of sp³-hybridized carbons (Fsp3) is 0.182. The number of ether oxygens (including phenoxy) is 1. The molecule has 0 radical (unpaired) electrons. The lowest BCUT2D eigenvalue weighted by molar-refractivity contribution is -0.119. The van der Waals surface area contributed by atoms with E-state index < -0.39 is 5.41 Å². The van der Waals surface area contributed by atoms with Crippen LogP contribution in [0.3, 0.4) is 0 Å². The van der Waals surface area contributed by atoms with Crippen molar-refractivity contribution < 1.29 is 14.3 Å². The van der Waals surface area contributed by atoms with Crippen LogP contribution in [0.25, 0.3) is 11.1 Å². The van der Waals surface area contributed by atoms with Crippen molar-refractivity contribution in [3.63, 3.8) is 0 Å². The molecule has 1 N–H and O–H groups in total. The number of anilines is 1. The Morgan fingerprint density at radius 1 is 1.07 bits per heavy atom. The smallest absolute Gasteiger partial charge is 0.243 e. The molecule has 1 aromatic heterocycles. The Bertz CT molecular complexity index is 1100. The first-order chi connectivity index (χ1) is 13.4. The van der Waals surface area contributed by atoms with Crippen LogP contribution < -0.4 is 10.1 Å². The lowest BCUT2D eigenvalue weighted by Gasteiger charge is -2.32. The molecule has 0 bridgehead atoms. The van der Waals surface area contributed by atoms with Gasteiger partial charge in [0.1, 0.15) is 20.5 Å². The highest BCUT2D eigenvalue weighted by molar-refractivity contribution is 7.21. The maximum Gasteiger partial charge on any atom is 0.243 e. The van der Waals surface area contributed by atoms with Crippen molar-refractivity contribution in [2.75, 3.05) is 12.4 Å². The summed E-state index contributed by atoms with van der Waals surface area (Å²) in [7, 11) is 1.55. The SMILES string of the molecule is COc1cccc(C2(C)C(=O)Nc3sc(Cl)c(-c4ccc(C)cc4)c3C2=O)c1. The minimum Gasteiger partial charge on any atom is -0.497 e. The van der Waals surface area contributed by atoms with E-state index in [0.29, 0.717) is 31.8 Å². The van der Waals surface area contributed by atoms with Crippen molar-refractivity contribution in [1.29, 1.82) is 0 Å². The van der Waals surface area contributed by atoms with Crippen LogP contribution in [0.1, 0.15) is 28.4 Å². The molecule has 1 atom stereocenters. The number of rotatable bonds is 3. The van der Waals surface area contributed by atoms with Gasteiger partial charge >= 0.3 is 0 Å². The molecule has 0 saturated carbocycles. The second kappa shape index (κ2) is 6.76. The minimum atomic E-state index is -1.37. The van der Waals surface area contributed by atoms with Crippen LogP contribution in [0.15, 0.2) is 48.5 Å². The summed E-state index contributed by atoms with van der Waals surface area (Å²) in [6.07, 6.45) is 0. The Kier molecular flexibility index (Phi) is 4.52. The van der Waals surface area contributed by atoms with Crippen molar-refractivity contribution >= 4 is 39.6 Å². The molecule has 1 aliphatic rings. The van der Waals surface area contributed by atoms with E-state index in [1.54, 1.807) is 38.3 Å². The van der Waals surface area contributed by atoms with Crippen LogP contribution in [0.4, 0.5) is 5.00 Å². The predicted octanol–water partition coefficient (Wildman–Crippen LogP) is 5.48. The number of carbonyl (C=O) groups excluding carboxylic acids is 2. The molecule has 3 aromatic rings. The average molecular weight is 412 g/mol. The van der Waals surface area contributed by atoms with Gasteiger partial charge < -0.3 is 10.1 Å². The zero-order valence-electron chi connectivity index (χ0n) is 15.6. The number of aryl methyl sites for hydroxylation is 1. The highest BCUT2D eigenvalue weighted by Crippen LogP contribution is 2.49. The average Bonchev–Trinajstić information content (AvgIpc) is 3.02. The molecule has 0 aliphatic carbocycles.